The van der Waals surface area contributed by atoms with Crippen molar-refractivity contribution in [3.05, 3.63) is 30.1 Å². The van der Waals surface area contributed by atoms with E-state index in [0.717, 1.165) is 18.9 Å². The van der Waals surface area contributed by atoms with Crippen molar-refractivity contribution in [1.29, 1.82) is 0 Å². The molecule has 0 radical (unpaired) electrons. The van der Waals surface area contributed by atoms with Gasteiger partial charge in [0.1, 0.15) is 5.82 Å². The average molecular weight is 322 g/mol. The predicted octanol–water partition coefficient (Wildman–Crippen LogP) is 2.37. The lowest BCUT2D eigenvalue weighted by molar-refractivity contribution is 0.354. The minimum atomic E-state index is -3.54. The van der Waals surface area contributed by atoms with Crippen LogP contribution in [0.25, 0.3) is 0 Å². The van der Waals surface area contributed by atoms with E-state index < -0.39 is 15.8 Å². The van der Waals surface area contributed by atoms with Crippen LogP contribution in [0.4, 0.5) is 4.39 Å². The molecular weight excluding hydrogens is 309 g/mol. The third kappa shape index (κ3) is 2.86. The van der Waals surface area contributed by atoms with E-state index in [2.05, 4.69) is 15.9 Å². The lowest BCUT2D eigenvalue weighted by atomic mass is 10.2. The Kier molecular flexibility index (Phi) is 3.85. The van der Waals surface area contributed by atoms with Crippen molar-refractivity contribution in [3.8, 4) is 0 Å². The number of hydrogen-bond acceptors (Lipinski definition) is 2. The molecule has 0 bridgehead atoms. The van der Waals surface area contributed by atoms with Gasteiger partial charge in [-0.2, -0.15) is 4.31 Å². The molecule has 0 unspecified atom stereocenters. The van der Waals surface area contributed by atoms with Crippen LogP contribution in [0.5, 0.6) is 0 Å². The Morgan fingerprint density at radius 2 is 1.94 bits per heavy atom. The molecule has 1 aliphatic rings. The second-order valence-electron chi connectivity index (χ2n) is 4.04. The van der Waals surface area contributed by atoms with Gasteiger partial charge in [0.05, 0.1) is 4.90 Å². The van der Waals surface area contributed by atoms with E-state index in [1.54, 1.807) is 0 Å². The van der Waals surface area contributed by atoms with Gasteiger partial charge in [0.2, 0.25) is 10.0 Å². The number of piperidine rings is 1. The zero-order valence-electron chi connectivity index (χ0n) is 9.14. The van der Waals surface area contributed by atoms with Gasteiger partial charge in [-0.15, -0.1) is 0 Å². The maximum absolute atomic E-state index is 13.0. The largest absolute Gasteiger partial charge is 0.243 e. The Hall–Kier alpha value is -0.460. The molecular formula is C11H13BrFNO2S. The SMILES string of the molecule is O=S(=O)(c1cccc(F)c1)N1CCC(Br)CC1. The van der Waals surface area contributed by atoms with Crippen LogP contribution in [-0.4, -0.2) is 30.6 Å². The first-order valence-corrected chi connectivity index (χ1v) is 7.75. The minimum Gasteiger partial charge on any atom is -0.207 e. The van der Waals surface area contributed by atoms with Gasteiger partial charge in [0, 0.05) is 17.9 Å². The molecule has 0 aromatic heterocycles. The van der Waals surface area contributed by atoms with Crippen LogP contribution in [0.2, 0.25) is 0 Å². The molecule has 0 amide bonds. The standard InChI is InChI=1S/C11H13BrFNO2S/c12-9-4-6-14(7-5-9)17(15,16)11-3-1-2-10(13)8-11/h1-3,8-9H,4-7H2. The molecule has 17 heavy (non-hydrogen) atoms. The Morgan fingerprint density at radius 1 is 1.29 bits per heavy atom. The van der Waals surface area contributed by atoms with Gasteiger partial charge >= 0.3 is 0 Å². The van der Waals surface area contributed by atoms with E-state index in [4.69, 9.17) is 0 Å². The summed E-state index contributed by atoms with van der Waals surface area (Å²) in [5, 5.41) is 0. The molecule has 0 atom stereocenters. The smallest absolute Gasteiger partial charge is 0.207 e. The fraction of sp³-hybridized carbons (Fsp3) is 0.455. The summed E-state index contributed by atoms with van der Waals surface area (Å²) in [6.45, 7) is 0.962. The predicted molar refractivity (Wildman–Crippen MR) is 67.1 cm³/mol. The number of benzene rings is 1. The van der Waals surface area contributed by atoms with E-state index in [1.165, 1.54) is 22.5 Å². The van der Waals surface area contributed by atoms with Crippen molar-refractivity contribution in [3.63, 3.8) is 0 Å². The molecule has 3 nitrogen and oxygen atoms in total. The fourth-order valence-electron chi connectivity index (χ4n) is 1.84. The lowest BCUT2D eigenvalue weighted by Crippen LogP contribution is -2.38. The van der Waals surface area contributed by atoms with Crippen molar-refractivity contribution in [1.82, 2.24) is 4.31 Å². The fourth-order valence-corrected chi connectivity index (χ4v) is 3.75. The molecule has 2 rings (SSSR count). The van der Waals surface area contributed by atoms with Crippen molar-refractivity contribution in [2.24, 2.45) is 0 Å². The highest BCUT2D eigenvalue weighted by Gasteiger charge is 2.28. The molecule has 1 aliphatic heterocycles. The summed E-state index contributed by atoms with van der Waals surface area (Å²) in [7, 11) is -3.54. The van der Waals surface area contributed by atoms with Crippen molar-refractivity contribution < 1.29 is 12.8 Å². The second-order valence-corrected chi connectivity index (χ2v) is 7.27. The summed E-state index contributed by atoms with van der Waals surface area (Å²) in [4.78, 5) is 0.409. The van der Waals surface area contributed by atoms with Crippen LogP contribution in [0.1, 0.15) is 12.8 Å². The van der Waals surface area contributed by atoms with Crippen LogP contribution < -0.4 is 0 Å². The molecule has 1 aromatic carbocycles. The van der Waals surface area contributed by atoms with Crippen LogP contribution in [0.15, 0.2) is 29.2 Å². The number of halogens is 2. The van der Waals surface area contributed by atoms with E-state index in [1.807, 2.05) is 0 Å². The Bertz CT molecular complexity index is 498. The van der Waals surface area contributed by atoms with Gasteiger partial charge in [-0.1, -0.05) is 22.0 Å². The molecule has 94 valence electrons. The van der Waals surface area contributed by atoms with E-state index in [9.17, 15) is 12.8 Å². The summed E-state index contributed by atoms with van der Waals surface area (Å²) in [6, 6.07) is 5.15. The maximum atomic E-state index is 13.0. The summed E-state index contributed by atoms with van der Waals surface area (Å²) in [5.41, 5.74) is 0. The highest BCUT2D eigenvalue weighted by molar-refractivity contribution is 9.09. The zero-order valence-corrected chi connectivity index (χ0v) is 11.5. The normalized spacial score (nSPS) is 19.4. The van der Waals surface area contributed by atoms with Crippen LogP contribution >= 0.6 is 15.9 Å². The van der Waals surface area contributed by atoms with Crippen molar-refractivity contribution >= 4 is 26.0 Å². The quantitative estimate of drug-likeness (QED) is 0.784. The Balaban J connectivity index is 2.25. The van der Waals surface area contributed by atoms with E-state index >= 15 is 0 Å². The van der Waals surface area contributed by atoms with Gasteiger partial charge in [-0.25, -0.2) is 12.8 Å². The number of alkyl halides is 1. The van der Waals surface area contributed by atoms with Gasteiger partial charge < -0.3 is 0 Å². The Morgan fingerprint density at radius 3 is 2.53 bits per heavy atom. The highest BCUT2D eigenvalue weighted by atomic mass is 79.9. The van der Waals surface area contributed by atoms with Gasteiger partial charge in [0.15, 0.2) is 0 Å². The summed E-state index contributed by atoms with van der Waals surface area (Å²) in [5.74, 6) is -0.526. The third-order valence-corrected chi connectivity index (χ3v) is 5.63. The third-order valence-electron chi connectivity index (χ3n) is 2.82. The summed E-state index contributed by atoms with van der Waals surface area (Å²) < 4.78 is 38.8. The van der Waals surface area contributed by atoms with E-state index in [0.29, 0.717) is 17.9 Å². The molecule has 1 aromatic rings. The van der Waals surface area contributed by atoms with Gasteiger partial charge in [-0.3, -0.25) is 0 Å². The summed E-state index contributed by atoms with van der Waals surface area (Å²) in [6.07, 6.45) is 1.57. The number of sulfonamides is 1. The number of nitrogens with zero attached hydrogens (tertiary/aromatic N) is 1. The van der Waals surface area contributed by atoms with Crippen molar-refractivity contribution in [2.75, 3.05) is 13.1 Å². The van der Waals surface area contributed by atoms with Crippen LogP contribution in [0.3, 0.4) is 0 Å². The molecule has 0 saturated carbocycles. The number of rotatable bonds is 2. The summed E-state index contributed by atoms with van der Waals surface area (Å²) >= 11 is 3.47. The zero-order chi connectivity index (χ0) is 12.5. The molecule has 1 fully saturated rings. The molecule has 1 saturated heterocycles. The maximum Gasteiger partial charge on any atom is 0.243 e. The molecule has 0 N–H and O–H groups in total. The van der Waals surface area contributed by atoms with Crippen molar-refractivity contribution in [2.45, 2.75) is 22.6 Å². The molecule has 1 heterocycles. The monoisotopic (exact) mass is 321 g/mol. The first-order valence-electron chi connectivity index (χ1n) is 5.40. The Labute approximate surface area is 109 Å². The average Bonchev–Trinajstić information content (AvgIpc) is 2.29. The number of hydrogen-bond donors (Lipinski definition) is 0. The van der Waals surface area contributed by atoms with Crippen LogP contribution in [-0.2, 0) is 10.0 Å². The highest BCUT2D eigenvalue weighted by Crippen LogP contribution is 2.24. The molecule has 6 heteroatoms. The lowest BCUT2D eigenvalue weighted by Gasteiger charge is -2.28. The first-order chi connectivity index (χ1) is 8.00. The van der Waals surface area contributed by atoms with Gasteiger partial charge in [0.25, 0.3) is 0 Å². The molecule has 0 aliphatic carbocycles. The topological polar surface area (TPSA) is 37.4 Å². The van der Waals surface area contributed by atoms with Crippen LogP contribution in [0, 0.1) is 5.82 Å². The second kappa shape index (κ2) is 5.04. The molecule has 0 spiro atoms. The van der Waals surface area contributed by atoms with Gasteiger partial charge in [-0.05, 0) is 31.0 Å². The minimum absolute atomic E-state index is 0.0329. The first kappa shape index (κ1) is 13.0. The van der Waals surface area contributed by atoms with E-state index in [-0.39, 0.29) is 4.90 Å².